The SMILES string of the molecule is CCO.CCOC(=O)/C(C#N)=C/c1ccc(N(C)CCOC(=O)C2CC(ON(C)c3ccc(/C=C(\C#N)C=O)cc3)CC(C(=O)OCCN(C)c3ccc(/C=C(\C#N)C=O)cc3)C2)cc1.CO. The predicted molar refractivity (Wildman–Crippen MR) is 252 cm³/mol. The highest BCUT2D eigenvalue weighted by molar-refractivity contribution is 5.98. The molecule has 17 heteroatoms. The van der Waals surface area contributed by atoms with Crippen LogP contribution in [0.4, 0.5) is 17.1 Å². The van der Waals surface area contributed by atoms with Gasteiger partial charge in [0.25, 0.3) is 0 Å². The van der Waals surface area contributed by atoms with Gasteiger partial charge >= 0.3 is 17.9 Å². The first-order valence-electron chi connectivity index (χ1n) is 21.3. The second-order valence-electron chi connectivity index (χ2n) is 14.6. The minimum absolute atomic E-state index is 0.0114. The van der Waals surface area contributed by atoms with Crippen LogP contribution in [0.2, 0.25) is 0 Å². The molecule has 1 fully saturated rings. The van der Waals surface area contributed by atoms with E-state index in [1.807, 2.05) is 66.4 Å². The van der Waals surface area contributed by atoms with E-state index in [1.165, 1.54) is 18.2 Å². The average molecular weight is 919 g/mol. The molecule has 67 heavy (non-hydrogen) atoms. The number of nitrogens with zero attached hydrogens (tertiary/aromatic N) is 6. The highest BCUT2D eigenvalue weighted by Crippen LogP contribution is 2.34. The summed E-state index contributed by atoms with van der Waals surface area (Å²) in [6.45, 7) is 4.62. The number of nitriles is 3. The molecule has 0 aromatic heterocycles. The number of hydrogen-bond donors (Lipinski definition) is 2. The lowest BCUT2D eigenvalue weighted by atomic mass is 9.79. The van der Waals surface area contributed by atoms with Crippen molar-refractivity contribution in [1.82, 2.24) is 0 Å². The summed E-state index contributed by atoms with van der Waals surface area (Å²) in [5.41, 5.74) is 4.18. The van der Waals surface area contributed by atoms with Crippen LogP contribution in [0.5, 0.6) is 0 Å². The quantitative estimate of drug-likeness (QED) is 0.0355. The lowest BCUT2D eigenvalue weighted by Gasteiger charge is -2.35. The minimum atomic E-state index is -0.692. The van der Waals surface area contributed by atoms with E-state index in [1.54, 1.807) is 74.5 Å². The first kappa shape index (κ1) is 55.5. The minimum Gasteiger partial charge on any atom is -0.464 e. The standard InChI is InChI=1S/C47H48N6O9.C2H6O.CH4O/c1-5-59-47(58)40(30-50)24-35-8-14-42(15-9-35)52(3)19-21-61-46(57)39-25-38(26-44(27-39)62-53(4)43-16-10-34(11-17-43)23-37(29-49)32-55)45(56)60-20-18-51(2)41-12-6-33(7-13-41)22-36(28-48)31-54;1-2-3;1-2/h6-17,22-24,31-32,38-39,44H,5,18-21,25-27H2,1-4H3;3H,2H2,1H3;2H,1H3/b36-22+,37-23+,40-24+;;. The highest BCUT2D eigenvalue weighted by Gasteiger charge is 2.39. The molecule has 0 amide bonds. The summed E-state index contributed by atoms with van der Waals surface area (Å²) in [6, 6.07) is 26.9. The Labute approximate surface area is 391 Å². The number of carbonyl (C=O) groups is 5. The van der Waals surface area contributed by atoms with Crippen LogP contribution in [0.15, 0.2) is 89.5 Å². The lowest BCUT2D eigenvalue weighted by molar-refractivity contribution is -0.159. The Kier molecular flexibility index (Phi) is 25.3. The number of aldehydes is 2. The van der Waals surface area contributed by atoms with Gasteiger partial charge in [-0.3, -0.25) is 29.1 Å². The maximum Gasteiger partial charge on any atom is 0.348 e. The second kappa shape index (κ2) is 30.5. The number of ether oxygens (including phenoxy) is 3. The van der Waals surface area contributed by atoms with Crippen LogP contribution in [-0.4, -0.2) is 115 Å². The molecule has 0 radical (unpaired) electrons. The van der Waals surface area contributed by atoms with Gasteiger partial charge in [-0.15, -0.1) is 0 Å². The Bertz CT molecular complexity index is 2290. The number of hydroxylamine groups is 1. The molecule has 2 N–H and O–H groups in total. The van der Waals surface area contributed by atoms with Crippen molar-refractivity contribution in [3.8, 4) is 18.2 Å². The molecule has 3 atom stereocenters. The smallest absolute Gasteiger partial charge is 0.348 e. The van der Waals surface area contributed by atoms with Crippen molar-refractivity contribution < 1.29 is 53.2 Å². The highest BCUT2D eigenvalue weighted by atomic mass is 16.7. The van der Waals surface area contributed by atoms with Crippen LogP contribution >= 0.6 is 0 Å². The van der Waals surface area contributed by atoms with Crippen LogP contribution < -0.4 is 14.9 Å². The summed E-state index contributed by atoms with van der Waals surface area (Å²) in [6.07, 6.45) is 5.61. The van der Waals surface area contributed by atoms with Gasteiger partial charge in [-0.2, -0.15) is 15.8 Å². The number of hydrogen-bond acceptors (Lipinski definition) is 17. The van der Waals surface area contributed by atoms with E-state index in [2.05, 4.69) is 0 Å². The van der Waals surface area contributed by atoms with E-state index in [4.69, 9.17) is 39.8 Å². The number of likely N-dealkylation sites (N-methyl/N-ethyl adjacent to an activating group) is 2. The van der Waals surface area contributed by atoms with E-state index in [0.717, 1.165) is 18.5 Å². The van der Waals surface area contributed by atoms with Gasteiger partial charge in [0, 0.05) is 46.2 Å². The first-order chi connectivity index (χ1) is 32.3. The molecule has 1 aliphatic carbocycles. The molecular formula is C50H58N6O11. The molecular weight excluding hydrogens is 861 g/mol. The molecule has 3 aromatic carbocycles. The Hall–Kier alpha value is -7.62. The zero-order chi connectivity index (χ0) is 49.7. The Balaban J connectivity index is 0.00000296. The zero-order valence-electron chi connectivity index (χ0n) is 38.7. The number of esters is 3. The summed E-state index contributed by atoms with van der Waals surface area (Å²) in [4.78, 5) is 71.3. The second-order valence-corrected chi connectivity index (χ2v) is 14.6. The first-order valence-corrected chi connectivity index (χ1v) is 21.3. The van der Waals surface area contributed by atoms with Gasteiger partial charge in [0.1, 0.15) is 37.0 Å². The zero-order valence-corrected chi connectivity index (χ0v) is 38.7. The van der Waals surface area contributed by atoms with Crippen LogP contribution in [0.25, 0.3) is 18.2 Å². The molecule has 1 aliphatic rings. The van der Waals surface area contributed by atoms with Crippen molar-refractivity contribution >= 4 is 65.8 Å². The normalized spacial score (nSPS) is 15.5. The van der Waals surface area contributed by atoms with Gasteiger partial charge in [0.05, 0.1) is 54.5 Å². The summed E-state index contributed by atoms with van der Waals surface area (Å²) in [5, 5.41) is 43.6. The van der Waals surface area contributed by atoms with Crippen molar-refractivity contribution in [3.63, 3.8) is 0 Å². The number of benzene rings is 3. The largest absolute Gasteiger partial charge is 0.464 e. The van der Waals surface area contributed by atoms with Crippen LogP contribution in [-0.2, 0) is 43.0 Å². The fourth-order valence-electron chi connectivity index (χ4n) is 6.57. The summed E-state index contributed by atoms with van der Waals surface area (Å²) in [7, 11) is 6.38. The van der Waals surface area contributed by atoms with E-state index >= 15 is 0 Å². The van der Waals surface area contributed by atoms with Gasteiger partial charge in [-0.25, -0.2) is 4.79 Å². The summed E-state index contributed by atoms with van der Waals surface area (Å²) >= 11 is 0. The van der Waals surface area contributed by atoms with Crippen molar-refractivity contribution in [2.45, 2.75) is 39.2 Å². The molecule has 17 nitrogen and oxygen atoms in total. The number of aliphatic hydroxyl groups is 2. The third-order valence-corrected chi connectivity index (χ3v) is 9.99. The fourth-order valence-corrected chi connectivity index (χ4v) is 6.57. The molecule has 0 bridgehead atoms. The van der Waals surface area contributed by atoms with Gasteiger partial charge in [-0.1, -0.05) is 36.4 Å². The molecule has 0 heterocycles. The molecule has 3 unspecified atom stereocenters. The van der Waals surface area contributed by atoms with Crippen LogP contribution in [0.1, 0.15) is 49.8 Å². The van der Waals surface area contributed by atoms with Gasteiger partial charge in [0.2, 0.25) is 0 Å². The van der Waals surface area contributed by atoms with Gasteiger partial charge < -0.3 is 34.2 Å². The van der Waals surface area contributed by atoms with Crippen molar-refractivity contribution in [3.05, 3.63) is 106 Å². The third-order valence-electron chi connectivity index (χ3n) is 9.99. The number of aliphatic hydroxyl groups excluding tert-OH is 2. The summed E-state index contributed by atoms with van der Waals surface area (Å²) in [5.74, 6) is -2.95. The third kappa shape index (κ3) is 18.8. The monoisotopic (exact) mass is 918 g/mol. The topological polar surface area (TPSA) is 244 Å². The number of carbonyl (C=O) groups excluding carboxylic acids is 5. The van der Waals surface area contributed by atoms with E-state index in [9.17, 15) is 29.2 Å². The maximum atomic E-state index is 13.6. The van der Waals surface area contributed by atoms with Gasteiger partial charge in [0.15, 0.2) is 12.6 Å². The predicted octanol–water partition coefficient (Wildman–Crippen LogP) is 5.49. The van der Waals surface area contributed by atoms with Crippen LogP contribution in [0.3, 0.4) is 0 Å². The maximum absolute atomic E-state index is 13.6. The van der Waals surface area contributed by atoms with E-state index < -0.39 is 35.8 Å². The van der Waals surface area contributed by atoms with Crippen molar-refractivity contribution in [2.75, 3.05) is 82.6 Å². The molecule has 0 spiro atoms. The number of anilines is 3. The Morgan fingerprint density at radius 2 is 1.01 bits per heavy atom. The lowest BCUT2D eigenvalue weighted by Crippen LogP contribution is -2.40. The number of allylic oxidation sites excluding steroid dienone is 2. The van der Waals surface area contributed by atoms with Crippen molar-refractivity contribution in [1.29, 1.82) is 15.8 Å². The van der Waals surface area contributed by atoms with Gasteiger partial charge in [-0.05, 0) is 104 Å². The Morgan fingerprint density at radius 3 is 1.37 bits per heavy atom. The molecule has 4 rings (SSSR count). The van der Waals surface area contributed by atoms with Crippen LogP contribution in [0, 0.1) is 45.8 Å². The van der Waals surface area contributed by atoms with E-state index in [-0.39, 0.29) is 56.0 Å². The molecule has 1 saturated carbocycles. The molecule has 3 aromatic rings. The molecule has 354 valence electrons. The summed E-state index contributed by atoms with van der Waals surface area (Å²) < 4.78 is 16.4. The van der Waals surface area contributed by atoms with E-state index in [0.29, 0.717) is 54.5 Å². The Morgan fingerprint density at radius 1 is 0.627 bits per heavy atom. The average Bonchev–Trinajstić information content (AvgIpc) is 3.35. The number of rotatable bonds is 20. The molecule has 0 saturated heterocycles. The molecule has 0 aliphatic heterocycles. The fraction of sp³-hybridized carbons (Fsp3) is 0.360. The van der Waals surface area contributed by atoms with Crippen molar-refractivity contribution in [2.24, 2.45) is 11.8 Å².